The van der Waals surface area contributed by atoms with Gasteiger partial charge in [-0.3, -0.25) is 10.4 Å². The monoisotopic (exact) mass is 229 g/mol. The zero-order valence-electron chi connectivity index (χ0n) is 9.45. The van der Waals surface area contributed by atoms with Crippen molar-refractivity contribution in [1.29, 1.82) is 0 Å². The SMILES string of the molecule is CCC1(C)CSC(NN2CCOCC2)=N1. The van der Waals surface area contributed by atoms with Crippen molar-refractivity contribution in [2.75, 3.05) is 32.1 Å². The van der Waals surface area contributed by atoms with Crippen molar-refractivity contribution in [2.24, 2.45) is 4.99 Å². The molecule has 15 heavy (non-hydrogen) atoms. The molecule has 2 aliphatic heterocycles. The van der Waals surface area contributed by atoms with Gasteiger partial charge in [0.1, 0.15) is 0 Å². The lowest BCUT2D eigenvalue weighted by Crippen LogP contribution is -2.47. The Hall–Kier alpha value is -0.260. The normalized spacial score (nSPS) is 32.8. The summed E-state index contributed by atoms with van der Waals surface area (Å²) in [5.74, 6) is 1.09. The zero-order valence-corrected chi connectivity index (χ0v) is 10.3. The van der Waals surface area contributed by atoms with Crippen LogP contribution >= 0.6 is 11.8 Å². The highest BCUT2D eigenvalue weighted by molar-refractivity contribution is 8.14. The Kier molecular flexibility index (Phi) is 3.53. The molecule has 1 unspecified atom stereocenters. The molecule has 0 bridgehead atoms. The molecule has 0 aromatic carbocycles. The Morgan fingerprint density at radius 3 is 2.87 bits per heavy atom. The summed E-state index contributed by atoms with van der Waals surface area (Å²) < 4.78 is 5.30. The van der Waals surface area contributed by atoms with Crippen LogP contribution in [0, 0.1) is 0 Å². The quantitative estimate of drug-likeness (QED) is 0.769. The molecular weight excluding hydrogens is 210 g/mol. The molecular formula is C10H19N3OS. The van der Waals surface area contributed by atoms with E-state index in [0.717, 1.165) is 43.6 Å². The van der Waals surface area contributed by atoms with Crippen molar-refractivity contribution in [1.82, 2.24) is 10.4 Å². The summed E-state index contributed by atoms with van der Waals surface area (Å²) in [6.07, 6.45) is 1.11. The highest BCUT2D eigenvalue weighted by Crippen LogP contribution is 2.29. The molecule has 1 atom stereocenters. The number of hydrazine groups is 1. The third-order valence-corrected chi connectivity index (χ3v) is 4.14. The first kappa shape index (κ1) is 11.2. The lowest BCUT2D eigenvalue weighted by molar-refractivity contribution is 0.0253. The van der Waals surface area contributed by atoms with Crippen LogP contribution in [-0.4, -0.2) is 47.8 Å². The summed E-state index contributed by atoms with van der Waals surface area (Å²) in [5, 5.41) is 3.26. The topological polar surface area (TPSA) is 36.9 Å². The van der Waals surface area contributed by atoms with Gasteiger partial charge in [0.15, 0.2) is 5.17 Å². The molecule has 1 fully saturated rings. The van der Waals surface area contributed by atoms with Crippen LogP contribution in [0.5, 0.6) is 0 Å². The van der Waals surface area contributed by atoms with Crippen LogP contribution in [0.2, 0.25) is 0 Å². The molecule has 0 aliphatic carbocycles. The average molecular weight is 229 g/mol. The summed E-state index contributed by atoms with van der Waals surface area (Å²) in [7, 11) is 0. The van der Waals surface area contributed by atoms with Gasteiger partial charge in [-0.2, -0.15) is 0 Å². The average Bonchev–Trinajstić information content (AvgIpc) is 2.63. The van der Waals surface area contributed by atoms with E-state index in [9.17, 15) is 0 Å². The van der Waals surface area contributed by atoms with Gasteiger partial charge in [0.25, 0.3) is 0 Å². The van der Waals surface area contributed by atoms with E-state index < -0.39 is 0 Å². The Labute approximate surface area is 95.4 Å². The van der Waals surface area contributed by atoms with Crippen LogP contribution < -0.4 is 5.43 Å². The van der Waals surface area contributed by atoms with Crippen LogP contribution in [0.1, 0.15) is 20.3 Å². The number of aliphatic imine (C=N–C) groups is 1. The third-order valence-electron chi connectivity index (χ3n) is 2.92. The molecule has 0 aromatic heterocycles. The van der Waals surface area contributed by atoms with Crippen molar-refractivity contribution in [3.63, 3.8) is 0 Å². The van der Waals surface area contributed by atoms with Gasteiger partial charge in [0, 0.05) is 18.8 Å². The second-order valence-corrected chi connectivity index (χ2v) is 5.23. The van der Waals surface area contributed by atoms with Gasteiger partial charge in [0.2, 0.25) is 0 Å². The number of hydrogen-bond acceptors (Lipinski definition) is 5. The fourth-order valence-electron chi connectivity index (χ4n) is 1.58. The number of thioether (sulfide) groups is 1. The number of ether oxygens (including phenoxy) is 1. The largest absolute Gasteiger partial charge is 0.379 e. The fraction of sp³-hybridized carbons (Fsp3) is 0.900. The van der Waals surface area contributed by atoms with Crippen LogP contribution in [-0.2, 0) is 4.74 Å². The number of morpholine rings is 1. The fourth-order valence-corrected chi connectivity index (χ4v) is 2.78. The molecule has 2 heterocycles. The van der Waals surface area contributed by atoms with Gasteiger partial charge in [-0.25, -0.2) is 5.01 Å². The van der Waals surface area contributed by atoms with Crippen LogP contribution in [0.15, 0.2) is 4.99 Å². The predicted octanol–water partition coefficient (Wildman–Crippen LogP) is 1.09. The predicted molar refractivity (Wildman–Crippen MR) is 64.1 cm³/mol. The number of nitrogens with one attached hydrogen (secondary N) is 1. The van der Waals surface area contributed by atoms with E-state index in [-0.39, 0.29) is 5.54 Å². The van der Waals surface area contributed by atoms with E-state index in [1.54, 1.807) is 0 Å². The van der Waals surface area contributed by atoms with E-state index in [1.165, 1.54) is 0 Å². The lowest BCUT2D eigenvalue weighted by atomic mass is 10.0. The Bertz CT molecular complexity index is 253. The second-order valence-electron chi connectivity index (χ2n) is 4.27. The Balaban J connectivity index is 1.87. The molecule has 0 spiro atoms. The van der Waals surface area contributed by atoms with Crippen LogP contribution in [0.25, 0.3) is 0 Å². The molecule has 0 amide bonds. The Morgan fingerprint density at radius 2 is 2.27 bits per heavy atom. The number of hydrogen-bond donors (Lipinski definition) is 1. The molecule has 4 nitrogen and oxygen atoms in total. The van der Waals surface area contributed by atoms with E-state index in [4.69, 9.17) is 9.73 Å². The standard InChI is InChI=1S/C10H19N3OS/c1-3-10(2)8-15-9(11-10)12-13-4-6-14-7-5-13/h3-8H2,1-2H3,(H,11,12). The molecule has 0 aromatic rings. The smallest absolute Gasteiger partial charge is 0.171 e. The van der Waals surface area contributed by atoms with Crippen molar-refractivity contribution >= 4 is 16.9 Å². The summed E-state index contributed by atoms with van der Waals surface area (Å²) >= 11 is 1.82. The molecule has 1 N–H and O–H groups in total. The minimum atomic E-state index is 0.138. The number of rotatable bonds is 2. The molecule has 1 saturated heterocycles. The minimum Gasteiger partial charge on any atom is -0.379 e. The van der Waals surface area contributed by atoms with Crippen molar-refractivity contribution in [2.45, 2.75) is 25.8 Å². The Morgan fingerprint density at radius 1 is 1.53 bits per heavy atom. The van der Waals surface area contributed by atoms with Crippen LogP contribution in [0.3, 0.4) is 0 Å². The van der Waals surface area contributed by atoms with E-state index in [0.29, 0.717) is 0 Å². The van der Waals surface area contributed by atoms with E-state index >= 15 is 0 Å². The molecule has 2 aliphatic rings. The van der Waals surface area contributed by atoms with Gasteiger partial charge in [-0.1, -0.05) is 18.7 Å². The van der Waals surface area contributed by atoms with Crippen molar-refractivity contribution in [3.8, 4) is 0 Å². The minimum absolute atomic E-state index is 0.138. The van der Waals surface area contributed by atoms with E-state index in [2.05, 4.69) is 24.3 Å². The van der Waals surface area contributed by atoms with Gasteiger partial charge in [-0.05, 0) is 13.3 Å². The molecule has 86 valence electrons. The maximum Gasteiger partial charge on any atom is 0.171 e. The number of nitrogens with zero attached hydrogens (tertiary/aromatic N) is 2. The zero-order chi connectivity index (χ0) is 10.7. The highest BCUT2D eigenvalue weighted by atomic mass is 32.2. The first-order valence-electron chi connectivity index (χ1n) is 5.54. The molecule has 2 rings (SSSR count). The molecule has 0 radical (unpaired) electrons. The van der Waals surface area contributed by atoms with Crippen molar-refractivity contribution < 1.29 is 4.74 Å². The molecule has 5 heteroatoms. The van der Waals surface area contributed by atoms with Gasteiger partial charge in [-0.15, -0.1) is 0 Å². The van der Waals surface area contributed by atoms with Gasteiger partial charge < -0.3 is 4.74 Å². The molecule has 0 saturated carbocycles. The van der Waals surface area contributed by atoms with E-state index in [1.807, 2.05) is 11.8 Å². The number of amidine groups is 1. The van der Waals surface area contributed by atoms with Gasteiger partial charge >= 0.3 is 0 Å². The summed E-state index contributed by atoms with van der Waals surface area (Å²) in [6, 6.07) is 0. The maximum absolute atomic E-state index is 5.30. The maximum atomic E-state index is 5.30. The second kappa shape index (κ2) is 4.72. The first-order chi connectivity index (χ1) is 7.22. The summed E-state index contributed by atoms with van der Waals surface area (Å²) in [4.78, 5) is 4.72. The first-order valence-corrected chi connectivity index (χ1v) is 6.52. The van der Waals surface area contributed by atoms with Crippen molar-refractivity contribution in [3.05, 3.63) is 0 Å². The van der Waals surface area contributed by atoms with Crippen LogP contribution in [0.4, 0.5) is 0 Å². The third kappa shape index (κ3) is 2.86. The summed E-state index contributed by atoms with van der Waals surface area (Å²) in [5.41, 5.74) is 3.51. The highest BCUT2D eigenvalue weighted by Gasteiger charge is 2.29. The summed E-state index contributed by atoms with van der Waals surface area (Å²) in [6.45, 7) is 7.94. The lowest BCUT2D eigenvalue weighted by Gasteiger charge is -2.27. The van der Waals surface area contributed by atoms with Gasteiger partial charge in [0.05, 0.1) is 18.8 Å².